The lowest BCUT2D eigenvalue weighted by Gasteiger charge is -2.41. The highest BCUT2D eigenvalue weighted by Crippen LogP contribution is 2.42. The van der Waals surface area contributed by atoms with Gasteiger partial charge in [-0.1, -0.05) is 6.58 Å². The van der Waals surface area contributed by atoms with E-state index in [0.717, 1.165) is 32.3 Å². The summed E-state index contributed by atoms with van der Waals surface area (Å²) < 4.78 is 83.5. The molecule has 1 aliphatic carbocycles. The van der Waals surface area contributed by atoms with Crippen molar-refractivity contribution in [1.29, 1.82) is 5.26 Å². The van der Waals surface area contributed by atoms with E-state index in [1.807, 2.05) is 11.0 Å². The minimum atomic E-state index is -4.52. The Hall–Kier alpha value is -2.87. The molecule has 3 rings (SSSR count). The summed E-state index contributed by atoms with van der Waals surface area (Å²) in [5.74, 6) is -1.69. The highest BCUT2D eigenvalue weighted by Gasteiger charge is 2.37. The minimum absolute atomic E-state index is 0.0657. The van der Waals surface area contributed by atoms with Crippen LogP contribution >= 0.6 is 8.30 Å². The van der Waals surface area contributed by atoms with E-state index in [1.54, 1.807) is 0 Å². The van der Waals surface area contributed by atoms with Gasteiger partial charge < -0.3 is 14.5 Å². The number of hydrogen-bond acceptors (Lipinski definition) is 6. The maximum atomic E-state index is 14.7. The van der Waals surface area contributed by atoms with E-state index in [9.17, 15) is 36.5 Å². The number of aromatic nitrogens is 1. The Bertz CT molecular complexity index is 1170. The summed E-state index contributed by atoms with van der Waals surface area (Å²) in [5.41, 5.74) is 0.899. The van der Waals surface area contributed by atoms with Crippen molar-refractivity contribution in [1.82, 2.24) is 10.1 Å². The second kappa shape index (κ2) is 11.7. The Morgan fingerprint density at radius 1 is 1.38 bits per heavy atom. The Labute approximate surface area is 211 Å². The Morgan fingerprint density at radius 3 is 2.54 bits per heavy atom. The quantitative estimate of drug-likeness (QED) is 0.226. The van der Waals surface area contributed by atoms with Crippen LogP contribution in [-0.2, 0) is 6.54 Å². The molecule has 1 aromatic carbocycles. The van der Waals surface area contributed by atoms with Gasteiger partial charge in [0.1, 0.15) is 14.3 Å². The van der Waals surface area contributed by atoms with Gasteiger partial charge in [-0.15, -0.1) is 0 Å². The zero-order chi connectivity index (χ0) is 27.5. The molecule has 1 aliphatic rings. The van der Waals surface area contributed by atoms with E-state index in [4.69, 9.17) is 0 Å². The number of pyridine rings is 1. The van der Waals surface area contributed by atoms with Crippen LogP contribution in [0, 0.1) is 24.1 Å². The van der Waals surface area contributed by atoms with E-state index < -0.39 is 38.7 Å². The van der Waals surface area contributed by atoms with Crippen LogP contribution in [0.2, 0.25) is 0 Å². The van der Waals surface area contributed by atoms with Crippen LogP contribution in [0.15, 0.2) is 31.0 Å². The number of anilines is 1. The third-order valence-corrected chi connectivity index (χ3v) is 7.49. The van der Waals surface area contributed by atoms with Gasteiger partial charge in [-0.05, 0) is 51.3 Å². The van der Waals surface area contributed by atoms with Crippen LogP contribution in [0.3, 0.4) is 0 Å². The van der Waals surface area contributed by atoms with Gasteiger partial charge in [-0.2, -0.15) is 27.2 Å². The summed E-state index contributed by atoms with van der Waals surface area (Å²) in [7, 11) is -2.32. The normalized spacial score (nSPS) is 15.6. The zero-order valence-electron chi connectivity index (χ0n) is 20.0. The third kappa shape index (κ3) is 6.72. The fraction of sp³-hybridized carbons (Fsp3) is 0.417. The maximum absolute atomic E-state index is 14.7. The molecule has 1 fully saturated rings. The van der Waals surface area contributed by atoms with Crippen molar-refractivity contribution in [2.45, 2.75) is 64.5 Å². The van der Waals surface area contributed by atoms with Crippen LogP contribution in [0.25, 0.3) is 5.57 Å². The molecule has 6 nitrogen and oxygen atoms in total. The summed E-state index contributed by atoms with van der Waals surface area (Å²) in [6, 6.07) is 3.80. The Kier molecular flexibility index (Phi) is 9.05. The summed E-state index contributed by atoms with van der Waals surface area (Å²) in [6.07, 6.45) is -0.862. The average molecular weight is 546 g/mol. The molecule has 200 valence electrons. The van der Waals surface area contributed by atoms with E-state index in [0.29, 0.717) is 11.4 Å². The van der Waals surface area contributed by atoms with Crippen LogP contribution in [0.4, 0.5) is 32.0 Å². The molecule has 2 N–H and O–H groups in total. The molecule has 0 saturated heterocycles. The molecule has 2 aromatic rings. The molecular formula is C24H25F6N4O2P. The number of alkyl halides is 5. The number of allylic oxidation sites excluding steroid dienone is 1. The number of halogens is 6. The fourth-order valence-corrected chi connectivity index (χ4v) is 4.92. The number of benzene rings is 1. The molecule has 0 bridgehead atoms. The van der Waals surface area contributed by atoms with Crippen molar-refractivity contribution in [2.24, 2.45) is 0 Å². The van der Waals surface area contributed by atoms with Gasteiger partial charge in [-0.25, -0.2) is 4.39 Å². The van der Waals surface area contributed by atoms with Crippen molar-refractivity contribution in [3.8, 4) is 11.8 Å². The van der Waals surface area contributed by atoms with Gasteiger partial charge >= 0.3 is 12.8 Å². The molecule has 2 unspecified atom stereocenters. The second-order valence-corrected chi connectivity index (χ2v) is 10.0. The smallest absolute Gasteiger partial charge is 0.403 e. The van der Waals surface area contributed by atoms with Gasteiger partial charge in [0.05, 0.1) is 29.6 Å². The lowest BCUT2D eigenvalue weighted by atomic mass is 9.89. The van der Waals surface area contributed by atoms with E-state index in [1.165, 1.54) is 25.3 Å². The number of hydrogen-bond donors (Lipinski definition) is 2. The fourth-order valence-electron chi connectivity index (χ4n) is 3.87. The lowest BCUT2D eigenvalue weighted by Crippen LogP contribution is -2.41. The van der Waals surface area contributed by atoms with Gasteiger partial charge in [0.15, 0.2) is 11.6 Å². The van der Waals surface area contributed by atoms with Crippen LogP contribution in [0.1, 0.15) is 43.0 Å². The van der Waals surface area contributed by atoms with Gasteiger partial charge in [-0.3, -0.25) is 10.1 Å². The largest absolute Gasteiger partial charge is 0.431 e. The van der Waals surface area contributed by atoms with Crippen molar-refractivity contribution in [3.63, 3.8) is 0 Å². The van der Waals surface area contributed by atoms with Crippen molar-refractivity contribution >= 4 is 24.9 Å². The maximum Gasteiger partial charge on any atom is 0.403 e. The molecule has 0 aliphatic heterocycles. The number of nitrogens with one attached hydrogen (secondary N) is 1. The first-order valence-corrected chi connectivity index (χ1v) is 12.5. The predicted molar refractivity (Wildman–Crippen MR) is 128 cm³/mol. The number of nitriles is 1. The molecule has 2 atom stereocenters. The first-order valence-electron chi connectivity index (χ1n) is 11.2. The molecule has 37 heavy (non-hydrogen) atoms. The summed E-state index contributed by atoms with van der Waals surface area (Å²) >= 11 is 0. The summed E-state index contributed by atoms with van der Waals surface area (Å²) in [5, 5.41) is 11.7. The van der Waals surface area contributed by atoms with Crippen LogP contribution < -0.4 is 20.0 Å². The van der Waals surface area contributed by atoms with Gasteiger partial charge in [0.2, 0.25) is 0 Å². The Morgan fingerprint density at radius 2 is 2.05 bits per heavy atom. The molecule has 13 heteroatoms. The summed E-state index contributed by atoms with van der Waals surface area (Å²) in [4.78, 5) is 16.3. The SMILES string of the molecule is C=C(C#N)c1cc(F)c(OC(F)F)c(C)c1N(Cc1ccc(P(O)NC(C)C(F)(F)F)cn1)C1CCC1. The molecule has 0 amide bonds. The molecule has 0 spiro atoms. The average Bonchev–Trinajstić information content (AvgIpc) is 2.79. The Balaban J connectivity index is 1.96. The second-order valence-electron chi connectivity index (χ2n) is 8.60. The van der Waals surface area contributed by atoms with E-state index >= 15 is 0 Å². The molecule has 1 aromatic heterocycles. The van der Waals surface area contributed by atoms with E-state index in [2.05, 4.69) is 21.4 Å². The van der Waals surface area contributed by atoms with Crippen molar-refractivity contribution < 1.29 is 36.0 Å². The zero-order valence-corrected chi connectivity index (χ0v) is 20.9. The van der Waals surface area contributed by atoms with Gasteiger partial charge in [0, 0.05) is 28.7 Å². The van der Waals surface area contributed by atoms with Crippen molar-refractivity contribution in [2.75, 3.05) is 4.90 Å². The molecular weight excluding hydrogens is 521 g/mol. The van der Waals surface area contributed by atoms with Crippen LogP contribution in [0.5, 0.6) is 5.75 Å². The van der Waals surface area contributed by atoms with Crippen LogP contribution in [-0.4, -0.2) is 34.7 Å². The van der Waals surface area contributed by atoms with Crippen molar-refractivity contribution in [3.05, 3.63) is 53.6 Å². The molecule has 0 radical (unpaired) electrons. The third-order valence-electron chi connectivity index (χ3n) is 6.10. The summed E-state index contributed by atoms with van der Waals surface area (Å²) in [6.45, 7) is 2.84. The first kappa shape index (κ1) is 28.7. The monoisotopic (exact) mass is 546 g/mol. The van der Waals surface area contributed by atoms with Gasteiger partial charge in [0.25, 0.3) is 0 Å². The first-order chi connectivity index (χ1) is 17.3. The highest BCUT2D eigenvalue weighted by atomic mass is 31.2. The van der Waals surface area contributed by atoms with E-state index in [-0.39, 0.29) is 34.6 Å². The topological polar surface area (TPSA) is 81.4 Å². The standard InChI is InChI=1S/C24H25F6N4O2P/c1-13(10-31)19-9-20(25)22(36-23(26)27)14(2)21(19)34(17-5-4-6-17)12-16-7-8-18(11-32-16)37(35)33-15(3)24(28,29)30/h7-9,11,15,17,23,33,35H,1,4-6,12H2,2-3H3. The minimum Gasteiger partial charge on any atom is -0.431 e. The highest BCUT2D eigenvalue weighted by molar-refractivity contribution is 7.57. The lowest BCUT2D eigenvalue weighted by molar-refractivity contribution is -0.147. The number of ether oxygens (including phenoxy) is 1. The predicted octanol–water partition coefficient (Wildman–Crippen LogP) is 5.70. The molecule has 1 saturated carbocycles. The number of rotatable bonds is 10. The number of nitrogens with zero attached hydrogens (tertiary/aromatic N) is 3. The molecule has 1 heterocycles.